The summed E-state index contributed by atoms with van der Waals surface area (Å²) < 4.78 is 50.6. The van der Waals surface area contributed by atoms with E-state index in [-0.39, 0.29) is 29.4 Å². The van der Waals surface area contributed by atoms with E-state index in [2.05, 4.69) is 0 Å². The highest BCUT2D eigenvalue weighted by molar-refractivity contribution is 7.92. The number of nitrogens with zero attached hydrogens (tertiary/aromatic N) is 1. The van der Waals surface area contributed by atoms with Crippen LogP contribution in [0.15, 0.2) is 23.1 Å². The lowest BCUT2D eigenvalue weighted by Gasteiger charge is -2.29. The van der Waals surface area contributed by atoms with Crippen LogP contribution in [0, 0.1) is 13.8 Å². The molecule has 1 fully saturated rings. The van der Waals surface area contributed by atoms with Crippen molar-refractivity contribution in [2.24, 2.45) is 0 Å². The lowest BCUT2D eigenvalue weighted by atomic mass is 10.2. The summed E-state index contributed by atoms with van der Waals surface area (Å²) in [5, 5.41) is 18.8. The Morgan fingerprint density at radius 1 is 1.33 bits per heavy atom. The van der Waals surface area contributed by atoms with Crippen molar-refractivity contribution in [3.63, 3.8) is 0 Å². The van der Waals surface area contributed by atoms with Gasteiger partial charge in [-0.3, -0.25) is 0 Å². The summed E-state index contributed by atoms with van der Waals surface area (Å²) in [6.45, 7) is 2.58. The Morgan fingerprint density at radius 2 is 2.00 bits per heavy atom. The second-order valence-electron chi connectivity index (χ2n) is 6.24. The summed E-state index contributed by atoms with van der Waals surface area (Å²) in [7, 11) is -7.28. The molecule has 9 heteroatoms. The smallest absolute Gasteiger partial charge is 0.243 e. The summed E-state index contributed by atoms with van der Waals surface area (Å²) in [6, 6.07) is 4.16. The van der Waals surface area contributed by atoms with Crippen LogP contribution in [0.2, 0.25) is 0 Å². The minimum Gasteiger partial charge on any atom is -0.394 e. The van der Waals surface area contributed by atoms with Gasteiger partial charge in [0.15, 0.2) is 9.84 Å². The number of hydrogen-bond donors (Lipinski definition) is 2. The molecule has 2 atom stereocenters. The molecule has 0 unspecified atom stereocenters. The first kappa shape index (κ1) is 19.3. The quantitative estimate of drug-likeness (QED) is 0.712. The molecule has 136 valence electrons. The number of aliphatic hydroxyl groups is 2. The first-order valence-corrected chi connectivity index (χ1v) is 10.9. The van der Waals surface area contributed by atoms with E-state index in [4.69, 9.17) is 5.11 Å². The van der Waals surface area contributed by atoms with E-state index in [9.17, 15) is 21.9 Å². The third-order valence-corrected chi connectivity index (χ3v) is 7.96. The van der Waals surface area contributed by atoms with Gasteiger partial charge in [0.25, 0.3) is 0 Å². The first-order valence-electron chi connectivity index (χ1n) is 7.65. The fourth-order valence-electron chi connectivity index (χ4n) is 2.93. The molecule has 0 amide bonds. The Hall–Kier alpha value is -1.00. The van der Waals surface area contributed by atoms with E-state index < -0.39 is 38.6 Å². The SMILES string of the molecule is Cc1ccc(S(=O)(=O)N(C[C@@H](O)CO)[C@H]2CCS(=O)(=O)C2)c(C)c1. The lowest BCUT2D eigenvalue weighted by molar-refractivity contribution is 0.0730. The maximum Gasteiger partial charge on any atom is 0.243 e. The zero-order chi connectivity index (χ0) is 18.1. The van der Waals surface area contributed by atoms with Gasteiger partial charge < -0.3 is 10.2 Å². The normalized spacial score (nSPS) is 22.0. The van der Waals surface area contributed by atoms with Crippen LogP contribution in [0.5, 0.6) is 0 Å². The van der Waals surface area contributed by atoms with Crippen molar-refractivity contribution in [3.05, 3.63) is 29.3 Å². The molecule has 1 aliphatic rings. The van der Waals surface area contributed by atoms with E-state index in [1.807, 2.05) is 6.92 Å². The molecule has 0 aliphatic carbocycles. The predicted octanol–water partition coefficient (Wildman–Crippen LogP) is -0.166. The molecule has 1 aliphatic heterocycles. The van der Waals surface area contributed by atoms with Gasteiger partial charge in [-0.25, -0.2) is 16.8 Å². The van der Waals surface area contributed by atoms with Crippen molar-refractivity contribution < 1.29 is 27.0 Å². The molecule has 1 aromatic rings. The van der Waals surface area contributed by atoms with Gasteiger partial charge in [0.05, 0.1) is 29.1 Å². The lowest BCUT2D eigenvalue weighted by Crippen LogP contribution is -2.46. The van der Waals surface area contributed by atoms with Crippen LogP contribution in [0.1, 0.15) is 17.5 Å². The zero-order valence-electron chi connectivity index (χ0n) is 13.7. The summed E-state index contributed by atoms with van der Waals surface area (Å²) in [6.07, 6.45) is -1.08. The third kappa shape index (κ3) is 4.15. The molecule has 2 rings (SSSR count). The Labute approximate surface area is 142 Å². The molecular formula is C15H23NO6S2. The Kier molecular flexibility index (Phi) is 5.71. The Bertz CT molecular complexity index is 803. The van der Waals surface area contributed by atoms with Crippen LogP contribution >= 0.6 is 0 Å². The number of rotatable bonds is 6. The second-order valence-corrected chi connectivity index (χ2v) is 10.3. The molecule has 24 heavy (non-hydrogen) atoms. The second kappa shape index (κ2) is 7.09. The Morgan fingerprint density at radius 3 is 2.50 bits per heavy atom. The van der Waals surface area contributed by atoms with E-state index >= 15 is 0 Å². The summed E-state index contributed by atoms with van der Waals surface area (Å²) in [5.74, 6) is -0.346. The van der Waals surface area contributed by atoms with Crippen LogP contribution in [0.25, 0.3) is 0 Å². The standard InChI is InChI=1S/C15H23NO6S2/c1-11-3-4-15(12(2)7-11)24(21,22)16(8-14(18)9-17)13-5-6-23(19,20)10-13/h3-4,7,13-14,17-18H,5-6,8-10H2,1-2H3/t13-,14+/m0/s1. The topological polar surface area (TPSA) is 112 Å². The largest absolute Gasteiger partial charge is 0.394 e. The number of sulfone groups is 1. The molecule has 2 N–H and O–H groups in total. The predicted molar refractivity (Wildman–Crippen MR) is 90.0 cm³/mol. The average molecular weight is 377 g/mol. The molecule has 1 aromatic carbocycles. The highest BCUT2D eigenvalue weighted by Crippen LogP contribution is 2.27. The van der Waals surface area contributed by atoms with Crippen LogP contribution in [-0.4, -0.2) is 68.2 Å². The number of aliphatic hydroxyl groups excluding tert-OH is 2. The van der Waals surface area contributed by atoms with Crippen molar-refractivity contribution in [1.82, 2.24) is 4.31 Å². The van der Waals surface area contributed by atoms with E-state index in [1.165, 1.54) is 6.07 Å². The first-order chi connectivity index (χ1) is 11.1. The van der Waals surface area contributed by atoms with Crippen molar-refractivity contribution in [1.29, 1.82) is 0 Å². The molecule has 1 saturated heterocycles. The zero-order valence-corrected chi connectivity index (χ0v) is 15.3. The highest BCUT2D eigenvalue weighted by Gasteiger charge is 2.40. The molecular weight excluding hydrogens is 354 g/mol. The van der Waals surface area contributed by atoms with Crippen LogP contribution < -0.4 is 0 Å². The minimum atomic E-state index is -3.99. The van der Waals surface area contributed by atoms with Gasteiger partial charge in [-0.05, 0) is 31.9 Å². The van der Waals surface area contributed by atoms with Crippen molar-refractivity contribution in [2.45, 2.75) is 37.3 Å². The van der Waals surface area contributed by atoms with E-state index in [1.54, 1.807) is 19.1 Å². The van der Waals surface area contributed by atoms with Crippen molar-refractivity contribution in [2.75, 3.05) is 24.7 Å². The average Bonchev–Trinajstić information content (AvgIpc) is 2.83. The number of aryl methyl sites for hydroxylation is 2. The van der Waals surface area contributed by atoms with Crippen molar-refractivity contribution in [3.8, 4) is 0 Å². The fraction of sp³-hybridized carbons (Fsp3) is 0.600. The summed E-state index contributed by atoms with van der Waals surface area (Å²) in [5.41, 5.74) is 1.47. The maximum atomic E-state index is 13.1. The minimum absolute atomic E-state index is 0.0776. The van der Waals surface area contributed by atoms with Gasteiger partial charge in [0.2, 0.25) is 10.0 Å². The Balaban J connectivity index is 2.45. The number of hydrogen-bond acceptors (Lipinski definition) is 6. The summed E-state index contributed by atoms with van der Waals surface area (Å²) in [4.78, 5) is 0.0857. The number of benzene rings is 1. The van der Waals surface area contributed by atoms with E-state index in [0.717, 1.165) is 9.87 Å². The van der Waals surface area contributed by atoms with Gasteiger partial charge >= 0.3 is 0 Å². The maximum absolute atomic E-state index is 13.1. The fourth-order valence-corrected chi connectivity index (χ4v) is 6.65. The molecule has 0 aromatic heterocycles. The van der Waals surface area contributed by atoms with Gasteiger partial charge in [0.1, 0.15) is 0 Å². The molecule has 0 saturated carbocycles. The molecule has 0 bridgehead atoms. The van der Waals surface area contributed by atoms with Gasteiger partial charge in [0, 0.05) is 12.6 Å². The summed E-state index contributed by atoms with van der Waals surface area (Å²) >= 11 is 0. The monoisotopic (exact) mass is 377 g/mol. The van der Waals surface area contributed by atoms with Crippen LogP contribution in [0.3, 0.4) is 0 Å². The van der Waals surface area contributed by atoms with Gasteiger partial charge in [-0.2, -0.15) is 4.31 Å². The van der Waals surface area contributed by atoms with Crippen molar-refractivity contribution >= 4 is 19.9 Å². The molecule has 0 radical (unpaired) electrons. The highest BCUT2D eigenvalue weighted by atomic mass is 32.2. The molecule has 7 nitrogen and oxygen atoms in total. The molecule has 0 spiro atoms. The van der Waals surface area contributed by atoms with Crippen LogP contribution in [0.4, 0.5) is 0 Å². The third-order valence-electron chi connectivity index (χ3n) is 4.13. The molecule has 1 heterocycles. The van der Waals surface area contributed by atoms with Gasteiger partial charge in [-0.1, -0.05) is 17.7 Å². The van der Waals surface area contributed by atoms with E-state index in [0.29, 0.717) is 5.56 Å². The van der Waals surface area contributed by atoms with Crippen LogP contribution in [-0.2, 0) is 19.9 Å². The number of sulfonamides is 1. The van der Waals surface area contributed by atoms with Gasteiger partial charge in [-0.15, -0.1) is 0 Å².